The van der Waals surface area contributed by atoms with Gasteiger partial charge in [0.25, 0.3) is 0 Å². The number of benzene rings is 2. The summed E-state index contributed by atoms with van der Waals surface area (Å²) in [6.45, 7) is 1.19. The lowest BCUT2D eigenvalue weighted by atomic mass is 10.0. The van der Waals surface area contributed by atoms with E-state index in [1.807, 2.05) is 30.3 Å². The second-order valence-corrected chi connectivity index (χ2v) is 5.25. The second kappa shape index (κ2) is 7.07. The molecule has 0 spiro atoms. The molecule has 0 aliphatic heterocycles. The van der Waals surface area contributed by atoms with Gasteiger partial charge in [-0.15, -0.1) is 0 Å². The van der Waals surface area contributed by atoms with Gasteiger partial charge in [-0.2, -0.15) is 9.78 Å². The monoisotopic (exact) mass is 309 g/mol. The van der Waals surface area contributed by atoms with Gasteiger partial charge in [0.1, 0.15) is 0 Å². The molecule has 0 bridgehead atoms. The van der Waals surface area contributed by atoms with Crippen LogP contribution in [0.15, 0.2) is 54.7 Å². The van der Waals surface area contributed by atoms with Crippen LogP contribution in [-0.4, -0.2) is 36.1 Å². The minimum Gasteiger partial charge on any atom is -0.385 e. The molecule has 0 saturated heterocycles. The van der Waals surface area contributed by atoms with E-state index in [0.29, 0.717) is 13.2 Å². The molecule has 0 aliphatic carbocycles. The lowest BCUT2D eigenvalue weighted by Gasteiger charge is -2.05. The number of methoxy groups -OCH3 is 1. The Kier molecular flexibility index (Phi) is 4.68. The Morgan fingerprint density at radius 3 is 2.87 bits per heavy atom. The highest BCUT2D eigenvalue weighted by molar-refractivity contribution is 5.95. The number of nitrogens with one attached hydrogen (secondary N) is 1. The number of aromatic nitrogens is 2. The van der Waals surface area contributed by atoms with Gasteiger partial charge in [-0.1, -0.05) is 42.5 Å². The Bertz CT molecular complexity index is 805. The highest BCUT2D eigenvalue weighted by atomic mass is 16.5. The first kappa shape index (κ1) is 15.2. The van der Waals surface area contributed by atoms with Crippen molar-refractivity contribution in [1.82, 2.24) is 15.1 Å². The normalized spacial score (nSPS) is 10.8. The topological polar surface area (TPSA) is 56.1 Å². The number of rotatable bonds is 5. The fraction of sp³-hybridized carbons (Fsp3) is 0.222. The van der Waals surface area contributed by atoms with Gasteiger partial charge in [0, 0.05) is 32.0 Å². The van der Waals surface area contributed by atoms with E-state index in [2.05, 4.69) is 28.6 Å². The molecule has 118 valence electrons. The minimum atomic E-state index is -0.229. The van der Waals surface area contributed by atoms with Gasteiger partial charge in [-0.05, 0) is 23.3 Å². The van der Waals surface area contributed by atoms with E-state index in [9.17, 15) is 4.79 Å². The molecule has 5 heteroatoms. The lowest BCUT2D eigenvalue weighted by molar-refractivity contribution is 0.193. The average molecular weight is 309 g/mol. The summed E-state index contributed by atoms with van der Waals surface area (Å²) in [5.41, 5.74) is 1.81. The highest BCUT2D eigenvalue weighted by Crippen LogP contribution is 2.26. The molecule has 1 aromatic heterocycles. The van der Waals surface area contributed by atoms with Gasteiger partial charge >= 0.3 is 6.03 Å². The van der Waals surface area contributed by atoms with Crippen LogP contribution in [-0.2, 0) is 4.74 Å². The van der Waals surface area contributed by atoms with Crippen molar-refractivity contribution in [2.75, 3.05) is 20.3 Å². The smallest absolute Gasteiger partial charge is 0.342 e. The third-order valence-electron chi connectivity index (χ3n) is 3.66. The first-order chi connectivity index (χ1) is 11.3. The van der Waals surface area contributed by atoms with Crippen molar-refractivity contribution in [2.45, 2.75) is 6.42 Å². The summed E-state index contributed by atoms with van der Waals surface area (Å²) in [6.07, 6.45) is 2.46. The van der Waals surface area contributed by atoms with Crippen LogP contribution in [0.2, 0.25) is 0 Å². The van der Waals surface area contributed by atoms with Gasteiger partial charge in [0.15, 0.2) is 0 Å². The van der Waals surface area contributed by atoms with Gasteiger partial charge < -0.3 is 10.1 Å². The molecule has 1 amide bonds. The maximum Gasteiger partial charge on any atom is 0.342 e. The molecule has 5 nitrogen and oxygen atoms in total. The van der Waals surface area contributed by atoms with Crippen molar-refractivity contribution in [2.24, 2.45) is 0 Å². The quantitative estimate of drug-likeness (QED) is 0.736. The van der Waals surface area contributed by atoms with Crippen LogP contribution in [0.4, 0.5) is 4.79 Å². The number of carbonyl (C=O) groups is 1. The fourth-order valence-corrected chi connectivity index (χ4v) is 2.52. The lowest BCUT2D eigenvalue weighted by Crippen LogP contribution is -2.30. The molecule has 0 atom stereocenters. The van der Waals surface area contributed by atoms with E-state index >= 15 is 0 Å². The zero-order valence-corrected chi connectivity index (χ0v) is 13.0. The van der Waals surface area contributed by atoms with E-state index < -0.39 is 0 Å². The maximum absolute atomic E-state index is 12.1. The van der Waals surface area contributed by atoms with E-state index in [-0.39, 0.29) is 6.03 Å². The number of nitrogens with zero attached hydrogens (tertiary/aromatic N) is 2. The molecule has 1 heterocycles. The highest BCUT2D eigenvalue weighted by Gasteiger charge is 2.10. The molecule has 2 aromatic carbocycles. The van der Waals surface area contributed by atoms with Crippen LogP contribution >= 0.6 is 0 Å². The summed E-state index contributed by atoms with van der Waals surface area (Å²) in [6, 6.07) is 15.9. The predicted octanol–water partition coefficient (Wildman–Crippen LogP) is 3.30. The number of ether oxygens (including phenoxy) is 1. The maximum atomic E-state index is 12.1. The summed E-state index contributed by atoms with van der Waals surface area (Å²) < 4.78 is 6.30. The molecule has 0 aliphatic rings. The Morgan fingerprint density at radius 1 is 1.17 bits per heavy atom. The Balaban J connectivity index is 1.80. The largest absolute Gasteiger partial charge is 0.385 e. The van der Waals surface area contributed by atoms with Crippen LogP contribution in [0, 0.1) is 0 Å². The van der Waals surface area contributed by atoms with Crippen LogP contribution in [0.25, 0.3) is 22.0 Å². The fourth-order valence-electron chi connectivity index (χ4n) is 2.52. The zero-order valence-electron chi connectivity index (χ0n) is 13.0. The molecule has 3 rings (SSSR count). The predicted molar refractivity (Wildman–Crippen MR) is 90.5 cm³/mol. The number of hydrogen-bond donors (Lipinski definition) is 1. The van der Waals surface area contributed by atoms with E-state index in [0.717, 1.165) is 28.5 Å². The summed E-state index contributed by atoms with van der Waals surface area (Å²) >= 11 is 0. The summed E-state index contributed by atoms with van der Waals surface area (Å²) in [7, 11) is 1.64. The van der Waals surface area contributed by atoms with Crippen molar-refractivity contribution in [1.29, 1.82) is 0 Å². The minimum absolute atomic E-state index is 0.229. The van der Waals surface area contributed by atoms with Gasteiger partial charge in [-0.3, -0.25) is 0 Å². The molecule has 1 N–H and O–H groups in total. The Labute approximate surface area is 134 Å². The number of hydrogen-bond acceptors (Lipinski definition) is 3. The Morgan fingerprint density at radius 2 is 2.00 bits per heavy atom. The molecule has 23 heavy (non-hydrogen) atoms. The SMILES string of the molecule is COCCCNC(=O)n1ccc(-c2cccc3ccccc23)n1. The van der Waals surface area contributed by atoms with E-state index in [4.69, 9.17) is 4.74 Å². The third kappa shape index (κ3) is 3.40. The van der Waals surface area contributed by atoms with Crippen molar-refractivity contribution in [3.8, 4) is 11.3 Å². The zero-order chi connectivity index (χ0) is 16.1. The molecule has 0 saturated carbocycles. The summed E-state index contributed by atoms with van der Waals surface area (Å²) in [5.74, 6) is 0. The first-order valence-electron chi connectivity index (χ1n) is 7.60. The molecular weight excluding hydrogens is 290 g/mol. The van der Waals surface area contributed by atoms with Crippen LogP contribution < -0.4 is 5.32 Å². The van der Waals surface area contributed by atoms with Crippen LogP contribution in [0.5, 0.6) is 0 Å². The van der Waals surface area contributed by atoms with Gasteiger partial charge in [-0.25, -0.2) is 4.79 Å². The van der Waals surface area contributed by atoms with Gasteiger partial charge in [0.05, 0.1) is 5.69 Å². The summed E-state index contributed by atoms with van der Waals surface area (Å²) in [4.78, 5) is 12.1. The van der Waals surface area contributed by atoms with E-state index in [1.165, 1.54) is 4.68 Å². The third-order valence-corrected chi connectivity index (χ3v) is 3.66. The van der Waals surface area contributed by atoms with Crippen molar-refractivity contribution in [3.63, 3.8) is 0 Å². The van der Waals surface area contributed by atoms with Crippen molar-refractivity contribution >= 4 is 16.8 Å². The van der Waals surface area contributed by atoms with E-state index in [1.54, 1.807) is 13.3 Å². The molecule has 0 unspecified atom stereocenters. The van der Waals surface area contributed by atoms with Crippen molar-refractivity contribution in [3.05, 3.63) is 54.7 Å². The van der Waals surface area contributed by atoms with Gasteiger partial charge in [0.2, 0.25) is 0 Å². The van der Waals surface area contributed by atoms with Crippen molar-refractivity contribution < 1.29 is 9.53 Å². The average Bonchev–Trinajstić information content (AvgIpc) is 3.08. The molecule has 0 fully saturated rings. The first-order valence-corrected chi connectivity index (χ1v) is 7.60. The standard InChI is InChI=1S/C18H19N3O2/c1-23-13-5-11-19-18(22)21-12-10-17(20-21)16-9-4-7-14-6-2-3-8-15(14)16/h2-4,6-10,12H,5,11,13H2,1H3,(H,19,22). The number of carbonyl (C=O) groups excluding carboxylic acids is 1. The summed E-state index contributed by atoms with van der Waals surface area (Å²) in [5, 5.41) is 9.50. The second-order valence-electron chi connectivity index (χ2n) is 5.25. The number of amides is 1. The molecule has 3 aromatic rings. The Hall–Kier alpha value is -2.66. The molecule has 0 radical (unpaired) electrons. The van der Waals surface area contributed by atoms with Crippen LogP contribution in [0.3, 0.4) is 0 Å². The van der Waals surface area contributed by atoms with Crippen LogP contribution in [0.1, 0.15) is 6.42 Å². The number of fused-ring (bicyclic) bond motifs is 1. The molecular formula is C18H19N3O2.